The first-order chi connectivity index (χ1) is 15.8. The molecule has 4 N–H and O–H groups in total. The largest absolute Gasteiger partial charge is 0.481 e. The maximum atomic E-state index is 13.2. The lowest BCUT2D eigenvalue weighted by Gasteiger charge is -2.42. The van der Waals surface area contributed by atoms with E-state index in [1.807, 2.05) is 0 Å². The number of hydrazine groups is 2. The molecule has 0 spiro atoms. The van der Waals surface area contributed by atoms with Gasteiger partial charge in [0, 0.05) is 18.7 Å². The van der Waals surface area contributed by atoms with Crippen molar-refractivity contribution >= 4 is 41.8 Å². The van der Waals surface area contributed by atoms with Gasteiger partial charge in [-0.1, -0.05) is 18.2 Å². The van der Waals surface area contributed by atoms with Crippen molar-refractivity contribution in [3.05, 3.63) is 30.3 Å². The number of rotatable bonds is 7. The number of fused-ring (bicyclic) bond motifs is 1. The van der Waals surface area contributed by atoms with Gasteiger partial charge in [-0.25, -0.2) is 30.0 Å². The SMILES string of the molecule is O=C[C@H](CC(=O)O)NC(=O)[C@@H]1CCCN2C(=O)CCN(NC(=O)Nc3ccccc3)C(=O)N12. The summed E-state index contributed by atoms with van der Waals surface area (Å²) in [6, 6.07) is 4.56. The minimum absolute atomic E-state index is 0.0851. The van der Waals surface area contributed by atoms with Crippen LogP contribution in [0.4, 0.5) is 15.3 Å². The lowest BCUT2D eigenvalue weighted by molar-refractivity contribution is -0.155. The van der Waals surface area contributed by atoms with Crippen molar-refractivity contribution in [2.75, 3.05) is 18.4 Å². The first kappa shape index (κ1) is 23.5. The molecule has 0 saturated carbocycles. The normalized spacial score (nSPS) is 19.2. The number of carboxylic acid groups (broad SMARTS) is 1. The first-order valence-corrected chi connectivity index (χ1v) is 10.3. The Balaban J connectivity index is 1.76. The highest BCUT2D eigenvalue weighted by molar-refractivity contribution is 5.94. The van der Waals surface area contributed by atoms with Gasteiger partial charge in [0.2, 0.25) is 11.8 Å². The number of hydrogen-bond acceptors (Lipinski definition) is 6. The highest BCUT2D eigenvalue weighted by Crippen LogP contribution is 2.23. The zero-order valence-corrected chi connectivity index (χ0v) is 17.6. The predicted molar refractivity (Wildman–Crippen MR) is 112 cm³/mol. The molecule has 1 aromatic carbocycles. The van der Waals surface area contributed by atoms with Gasteiger partial charge in [0.1, 0.15) is 12.3 Å². The maximum absolute atomic E-state index is 13.2. The van der Waals surface area contributed by atoms with Crippen LogP contribution in [0.25, 0.3) is 0 Å². The summed E-state index contributed by atoms with van der Waals surface area (Å²) in [4.78, 5) is 73.1. The molecule has 3 rings (SSSR count). The summed E-state index contributed by atoms with van der Waals surface area (Å²) in [7, 11) is 0. The van der Waals surface area contributed by atoms with Crippen LogP contribution in [-0.2, 0) is 19.2 Å². The highest BCUT2D eigenvalue weighted by atomic mass is 16.4. The molecule has 0 aliphatic carbocycles. The van der Waals surface area contributed by atoms with E-state index in [9.17, 15) is 28.8 Å². The quantitative estimate of drug-likeness (QED) is 0.412. The lowest BCUT2D eigenvalue weighted by Crippen LogP contribution is -2.65. The first-order valence-electron chi connectivity index (χ1n) is 10.3. The summed E-state index contributed by atoms with van der Waals surface area (Å²) >= 11 is 0. The zero-order valence-electron chi connectivity index (χ0n) is 17.6. The topological polar surface area (TPSA) is 168 Å². The molecule has 0 radical (unpaired) electrons. The second-order valence-corrected chi connectivity index (χ2v) is 7.48. The van der Waals surface area contributed by atoms with Crippen LogP contribution in [-0.4, -0.2) is 81.4 Å². The third kappa shape index (κ3) is 5.75. The van der Waals surface area contributed by atoms with Crippen LogP contribution in [0.3, 0.4) is 0 Å². The molecule has 2 atom stereocenters. The highest BCUT2D eigenvalue weighted by Gasteiger charge is 2.44. The van der Waals surface area contributed by atoms with Gasteiger partial charge in [-0.2, -0.15) is 0 Å². The van der Waals surface area contributed by atoms with Crippen molar-refractivity contribution in [2.24, 2.45) is 0 Å². The number of hydrogen-bond donors (Lipinski definition) is 4. The molecule has 13 nitrogen and oxygen atoms in total. The van der Waals surface area contributed by atoms with Gasteiger partial charge in [0.05, 0.1) is 19.0 Å². The number of para-hydroxylation sites is 1. The van der Waals surface area contributed by atoms with Gasteiger partial charge in [-0.3, -0.25) is 14.4 Å². The van der Waals surface area contributed by atoms with E-state index >= 15 is 0 Å². The monoisotopic (exact) mass is 460 g/mol. The summed E-state index contributed by atoms with van der Waals surface area (Å²) in [5.41, 5.74) is 2.89. The third-order valence-electron chi connectivity index (χ3n) is 5.12. The van der Waals surface area contributed by atoms with E-state index < -0.39 is 48.4 Å². The van der Waals surface area contributed by atoms with E-state index in [1.54, 1.807) is 30.3 Å². The number of urea groups is 2. The second kappa shape index (κ2) is 10.4. The number of carboxylic acids is 1. The summed E-state index contributed by atoms with van der Waals surface area (Å²) in [6.45, 7) is 0.0852. The van der Waals surface area contributed by atoms with Crippen molar-refractivity contribution in [2.45, 2.75) is 37.8 Å². The number of benzene rings is 1. The fourth-order valence-corrected chi connectivity index (χ4v) is 3.62. The van der Waals surface area contributed by atoms with Crippen molar-refractivity contribution in [3.63, 3.8) is 0 Å². The molecule has 0 bridgehead atoms. The number of nitrogens with zero attached hydrogens (tertiary/aromatic N) is 3. The van der Waals surface area contributed by atoms with E-state index in [2.05, 4.69) is 16.1 Å². The Morgan fingerprint density at radius 3 is 2.55 bits per heavy atom. The van der Waals surface area contributed by atoms with Crippen LogP contribution >= 0.6 is 0 Å². The van der Waals surface area contributed by atoms with E-state index in [0.717, 1.165) is 15.0 Å². The Labute approximate surface area is 188 Å². The number of carbonyl (C=O) groups excluding carboxylic acids is 5. The number of nitrogens with one attached hydrogen (secondary N) is 3. The van der Waals surface area contributed by atoms with E-state index in [0.29, 0.717) is 18.4 Å². The minimum Gasteiger partial charge on any atom is -0.481 e. The second-order valence-electron chi connectivity index (χ2n) is 7.48. The van der Waals surface area contributed by atoms with Crippen LogP contribution < -0.4 is 16.1 Å². The van der Waals surface area contributed by atoms with E-state index in [1.165, 1.54) is 0 Å². The molecule has 2 heterocycles. The van der Waals surface area contributed by atoms with Crippen molar-refractivity contribution in [3.8, 4) is 0 Å². The molecule has 33 heavy (non-hydrogen) atoms. The molecule has 0 unspecified atom stereocenters. The van der Waals surface area contributed by atoms with Gasteiger partial charge in [-0.15, -0.1) is 0 Å². The van der Waals surface area contributed by atoms with Crippen molar-refractivity contribution < 1.29 is 33.9 Å². The zero-order chi connectivity index (χ0) is 24.0. The summed E-state index contributed by atoms with van der Waals surface area (Å²) < 4.78 is 0. The Hall–Kier alpha value is -4.16. The Kier molecular flexibility index (Phi) is 7.43. The van der Waals surface area contributed by atoms with Crippen molar-refractivity contribution in [1.82, 2.24) is 25.8 Å². The van der Waals surface area contributed by atoms with Crippen LogP contribution in [0, 0.1) is 0 Å². The fourth-order valence-electron chi connectivity index (χ4n) is 3.62. The number of aliphatic carboxylic acids is 1. The Bertz CT molecular complexity index is 940. The molecule has 13 heteroatoms. The van der Waals surface area contributed by atoms with Crippen LogP contribution in [0.15, 0.2) is 30.3 Å². The average molecular weight is 460 g/mol. The van der Waals surface area contributed by atoms with Gasteiger partial charge in [0.25, 0.3) is 0 Å². The molecule has 1 aromatic rings. The molecular weight excluding hydrogens is 436 g/mol. The number of aldehydes is 1. The molecule has 176 valence electrons. The number of amides is 6. The summed E-state index contributed by atoms with van der Waals surface area (Å²) in [5, 5.41) is 16.8. The third-order valence-corrected chi connectivity index (χ3v) is 5.12. The molecule has 2 aliphatic rings. The molecule has 2 saturated heterocycles. The van der Waals surface area contributed by atoms with Gasteiger partial charge in [-0.05, 0) is 25.0 Å². The van der Waals surface area contributed by atoms with E-state index in [-0.39, 0.29) is 25.9 Å². The number of anilines is 1. The van der Waals surface area contributed by atoms with Gasteiger partial charge >= 0.3 is 18.0 Å². The smallest absolute Gasteiger partial charge is 0.358 e. The maximum Gasteiger partial charge on any atom is 0.358 e. The van der Waals surface area contributed by atoms with Crippen LogP contribution in [0.5, 0.6) is 0 Å². The lowest BCUT2D eigenvalue weighted by atomic mass is 10.1. The fraction of sp³-hybridized carbons (Fsp3) is 0.400. The molecule has 2 fully saturated rings. The molecule has 6 amide bonds. The standard InChI is InChI=1S/C20H24N6O7/c27-12-14(11-17(29)30)21-18(31)15-7-4-9-25-16(28)8-10-24(20(33)26(15)25)23-19(32)22-13-5-2-1-3-6-13/h1-3,5-6,12,14-15H,4,7-11H2,(H,21,31)(H,29,30)(H2,22,23,32)/t14-,15-/m0/s1. The Morgan fingerprint density at radius 2 is 1.88 bits per heavy atom. The average Bonchev–Trinajstić information content (AvgIpc) is 2.91. The van der Waals surface area contributed by atoms with Crippen molar-refractivity contribution in [1.29, 1.82) is 0 Å². The Morgan fingerprint density at radius 1 is 1.15 bits per heavy atom. The summed E-state index contributed by atoms with van der Waals surface area (Å²) in [6.07, 6.45) is 0.193. The van der Waals surface area contributed by atoms with Crippen LogP contribution in [0.2, 0.25) is 0 Å². The minimum atomic E-state index is -1.28. The number of carbonyl (C=O) groups is 6. The predicted octanol–water partition coefficient (Wildman–Crippen LogP) is -0.0848. The van der Waals surface area contributed by atoms with Gasteiger partial charge < -0.3 is 20.5 Å². The summed E-state index contributed by atoms with van der Waals surface area (Å²) in [5.74, 6) is -2.46. The molecule has 0 aromatic heterocycles. The van der Waals surface area contributed by atoms with Gasteiger partial charge in [0.15, 0.2) is 0 Å². The molecular formula is C20H24N6O7. The van der Waals surface area contributed by atoms with E-state index in [4.69, 9.17) is 5.11 Å². The van der Waals surface area contributed by atoms with Crippen LogP contribution in [0.1, 0.15) is 25.7 Å². The molecule has 2 aliphatic heterocycles.